The van der Waals surface area contributed by atoms with Crippen LogP contribution in [0.25, 0.3) is 55.1 Å². The predicted octanol–water partition coefficient (Wildman–Crippen LogP) is 7.03. The fraction of sp³-hybridized carbons (Fsp3) is 0.391. The van der Waals surface area contributed by atoms with Crippen molar-refractivity contribution >= 4 is 56.8 Å². The van der Waals surface area contributed by atoms with Crippen LogP contribution in [0.2, 0.25) is 0 Å². The van der Waals surface area contributed by atoms with Crippen molar-refractivity contribution in [2.75, 3.05) is 41.5 Å². The Kier molecular flexibility index (Phi) is 11.9. The van der Waals surface area contributed by atoms with Crippen molar-refractivity contribution in [1.29, 1.82) is 0 Å². The van der Waals surface area contributed by atoms with E-state index in [2.05, 4.69) is 69.9 Å². The number of likely N-dealkylation sites (N-methyl/N-ethyl adjacent to an activating group) is 1. The number of rotatable bonds is 12. The van der Waals surface area contributed by atoms with Crippen molar-refractivity contribution in [2.24, 2.45) is 0 Å². The minimum absolute atomic E-state index is 0.249. The third kappa shape index (κ3) is 8.02. The molecule has 6 aromatic rings. The van der Waals surface area contributed by atoms with Crippen molar-refractivity contribution in [3.8, 4) is 22.3 Å². The van der Waals surface area contributed by atoms with Crippen LogP contribution in [-0.4, -0.2) is 130 Å². The second-order valence-electron chi connectivity index (χ2n) is 16.2. The molecule has 4 aromatic carbocycles. The van der Waals surface area contributed by atoms with Gasteiger partial charge in [-0.25, -0.2) is 19.6 Å². The number of likely N-dealkylation sites (tertiary alicyclic amines) is 2. The smallest absolute Gasteiger partial charge is 0.407 e. The summed E-state index contributed by atoms with van der Waals surface area (Å²) >= 11 is 0. The lowest BCUT2D eigenvalue weighted by molar-refractivity contribution is -0.141. The number of nitrogens with zero attached hydrogens (tertiary/aromatic N) is 5. The molecule has 4 N–H and O–H groups in total. The number of carboxylic acid groups (broad SMARTS) is 1. The van der Waals surface area contributed by atoms with E-state index in [4.69, 9.17) is 24.2 Å². The molecule has 16 heteroatoms. The van der Waals surface area contributed by atoms with E-state index in [9.17, 15) is 24.3 Å². The molecule has 62 heavy (non-hydrogen) atoms. The van der Waals surface area contributed by atoms with Crippen LogP contribution >= 0.6 is 0 Å². The molecule has 6 atom stereocenters. The summed E-state index contributed by atoms with van der Waals surface area (Å²) in [5, 5.41) is 14.5. The predicted molar refractivity (Wildman–Crippen MR) is 233 cm³/mol. The van der Waals surface area contributed by atoms with Crippen LogP contribution in [0.5, 0.6) is 0 Å². The Labute approximate surface area is 358 Å². The summed E-state index contributed by atoms with van der Waals surface area (Å²) in [5.74, 6) is 0.819. The molecule has 0 unspecified atom stereocenters. The molecule has 2 aliphatic heterocycles. The average Bonchev–Trinajstić information content (AvgIpc) is 4.12. The SMILES string of the molecule is COC(=O)N[C@H](C(=O)N1CCC[C@H]1c1nc2ccc(-c3ccc4cc(-c5ccc6nc([C@@H]7CCCN7C(=O)[C@H]([C@@H](C)OC)N(C)C(=O)O)[nH]c6c5)ccc4c3)cc2[nH]1)[C@@H](C)OC. The highest BCUT2D eigenvalue weighted by Crippen LogP contribution is 2.36. The van der Waals surface area contributed by atoms with E-state index in [0.717, 1.165) is 79.3 Å². The first-order chi connectivity index (χ1) is 29.9. The van der Waals surface area contributed by atoms with Gasteiger partial charge in [0.15, 0.2) is 0 Å². The maximum Gasteiger partial charge on any atom is 0.407 e. The number of nitrogens with one attached hydrogen (secondary N) is 3. The van der Waals surface area contributed by atoms with Crippen LogP contribution in [0, 0.1) is 0 Å². The molecule has 324 valence electrons. The Bertz CT molecular complexity index is 2660. The number of aromatic nitrogens is 4. The summed E-state index contributed by atoms with van der Waals surface area (Å²) in [6, 6.07) is 22.5. The summed E-state index contributed by atoms with van der Waals surface area (Å²) in [7, 11) is 5.63. The van der Waals surface area contributed by atoms with Gasteiger partial charge in [-0.3, -0.25) is 14.5 Å². The molecule has 2 aliphatic rings. The van der Waals surface area contributed by atoms with E-state index in [1.165, 1.54) is 28.4 Å². The fourth-order valence-electron chi connectivity index (χ4n) is 8.95. The Morgan fingerprint density at radius 1 is 0.710 bits per heavy atom. The highest BCUT2D eigenvalue weighted by molar-refractivity contribution is 5.93. The molecule has 0 bridgehead atoms. The van der Waals surface area contributed by atoms with E-state index < -0.39 is 36.5 Å². The molecular formula is C46H52N8O8. The first-order valence-corrected chi connectivity index (χ1v) is 20.9. The summed E-state index contributed by atoms with van der Waals surface area (Å²) in [6.45, 7) is 4.48. The normalized spacial score (nSPS) is 18.5. The van der Waals surface area contributed by atoms with Crippen LogP contribution in [0.1, 0.15) is 63.3 Å². The highest BCUT2D eigenvalue weighted by Gasteiger charge is 2.41. The molecule has 2 saturated heterocycles. The number of hydrogen-bond donors (Lipinski definition) is 4. The molecule has 0 saturated carbocycles. The van der Waals surface area contributed by atoms with Gasteiger partial charge >= 0.3 is 12.2 Å². The number of H-pyrrole nitrogens is 2. The highest BCUT2D eigenvalue weighted by atomic mass is 16.5. The van der Waals surface area contributed by atoms with Gasteiger partial charge in [0.2, 0.25) is 11.8 Å². The van der Waals surface area contributed by atoms with Gasteiger partial charge in [0, 0.05) is 34.4 Å². The van der Waals surface area contributed by atoms with E-state index in [1.54, 1.807) is 23.6 Å². The number of amides is 4. The largest absolute Gasteiger partial charge is 0.465 e. The van der Waals surface area contributed by atoms with Gasteiger partial charge in [0.05, 0.1) is 53.5 Å². The van der Waals surface area contributed by atoms with Crippen LogP contribution < -0.4 is 5.32 Å². The molecule has 4 amide bonds. The number of benzene rings is 4. The van der Waals surface area contributed by atoms with Gasteiger partial charge in [-0.15, -0.1) is 0 Å². The summed E-state index contributed by atoms with van der Waals surface area (Å²) < 4.78 is 15.6. The number of aromatic amines is 2. The van der Waals surface area contributed by atoms with Crippen LogP contribution in [-0.2, 0) is 23.8 Å². The van der Waals surface area contributed by atoms with E-state index in [0.29, 0.717) is 31.2 Å². The van der Waals surface area contributed by atoms with Crippen molar-refractivity contribution in [3.63, 3.8) is 0 Å². The lowest BCUT2D eigenvalue weighted by Gasteiger charge is -2.34. The average molecular weight is 845 g/mol. The molecule has 16 nitrogen and oxygen atoms in total. The lowest BCUT2D eigenvalue weighted by Crippen LogP contribution is -2.54. The molecule has 0 radical (unpaired) electrons. The van der Waals surface area contributed by atoms with Crippen LogP contribution in [0.3, 0.4) is 0 Å². The third-order valence-corrected chi connectivity index (χ3v) is 12.6. The molecule has 2 aromatic heterocycles. The third-order valence-electron chi connectivity index (χ3n) is 12.6. The minimum Gasteiger partial charge on any atom is -0.465 e. The molecule has 8 rings (SSSR count). The monoisotopic (exact) mass is 844 g/mol. The fourth-order valence-corrected chi connectivity index (χ4v) is 8.95. The molecule has 2 fully saturated rings. The van der Waals surface area contributed by atoms with Crippen molar-refractivity contribution in [1.82, 2.24) is 40.0 Å². The van der Waals surface area contributed by atoms with E-state index >= 15 is 0 Å². The number of alkyl carbamates (subject to hydrolysis) is 1. The van der Waals surface area contributed by atoms with Crippen LogP contribution in [0.4, 0.5) is 9.59 Å². The van der Waals surface area contributed by atoms with Gasteiger partial charge in [-0.2, -0.15) is 0 Å². The lowest BCUT2D eigenvalue weighted by atomic mass is 9.97. The maximum atomic E-state index is 13.8. The topological polar surface area (TPSA) is 195 Å². The maximum absolute atomic E-state index is 13.8. The molecule has 0 aliphatic carbocycles. The van der Waals surface area contributed by atoms with Crippen molar-refractivity contribution < 1.29 is 38.5 Å². The molecule has 0 spiro atoms. The number of methoxy groups -OCH3 is 3. The number of carbonyl (C=O) groups is 4. The Hall–Kier alpha value is -6.52. The van der Waals surface area contributed by atoms with Crippen molar-refractivity contribution in [3.05, 3.63) is 84.4 Å². The number of imidazole rings is 2. The molecule has 4 heterocycles. The number of carbonyl (C=O) groups excluding carboxylic acids is 3. The quantitative estimate of drug-likeness (QED) is 0.0994. The number of fused-ring (bicyclic) bond motifs is 3. The van der Waals surface area contributed by atoms with Crippen molar-refractivity contribution in [2.45, 2.75) is 75.9 Å². The zero-order chi connectivity index (χ0) is 43.8. The van der Waals surface area contributed by atoms with Crippen LogP contribution in [0.15, 0.2) is 72.8 Å². The minimum atomic E-state index is -1.19. The van der Waals surface area contributed by atoms with Gasteiger partial charge in [-0.1, -0.05) is 36.4 Å². The molecular weight excluding hydrogens is 793 g/mol. The van der Waals surface area contributed by atoms with Gasteiger partial charge < -0.3 is 44.4 Å². The number of hydrogen-bond acceptors (Lipinski definition) is 9. The van der Waals surface area contributed by atoms with Gasteiger partial charge in [0.25, 0.3) is 0 Å². The van der Waals surface area contributed by atoms with E-state index in [1.807, 2.05) is 18.2 Å². The second kappa shape index (κ2) is 17.5. The Balaban J connectivity index is 0.997. The standard InChI is InChI=1S/C46H52N8O8/c1-25(60-4)39(51-45(57)62-6)43(55)53-19-7-9-37(53)41-47-33-17-15-31(23-35(33)49-41)29-13-11-28-22-30(14-12-27(28)21-29)32-16-18-34-36(24-32)50-42(48-34)38-10-8-20-54(38)44(56)40(26(2)61-5)52(3)46(58)59/h11-18,21-26,37-40H,7-10,19-20H2,1-6H3,(H,47,49)(H,48,50)(H,51,57)(H,58,59)/t25-,26-,37+,38+,39+,40+/m1/s1. The summed E-state index contributed by atoms with van der Waals surface area (Å²) in [6.07, 6.45) is -0.0524. The Morgan fingerprint density at radius 2 is 1.18 bits per heavy atom. The van der Waals surface area contributed by atoms with Gasteiger partial charge in [-0.05, 0) is 109 Å². The first kappa shape index (κ1) is 42.2. The second-order valence-corrected chi connectivity index (χ2v) is 16.2. The van der Waals surface area contributed by atoms with Gasteiger partial charge in [0.1, 0.15) is 23.7 Å². The zero-order valence-corrected chi connectivity index (χ0v) is 35.7. The zero-order valence-electron chi connectivity index (χ0n) is 35.7. The Morgan fingerprint density at radius 3 is 1.65 bits per heavy atom. The first-order valence-electron chi connectivity index (χ1n) is 20.9. The van der Waals surface area contributed by atoms with E-state index in [-0.39, 0.29) is 23.9 Å². The summed E-state index contributed by atoms with van der Waals surface area (Å²) in [5.41, 5.74) is 7.43. The number of ether oxygens (including phenoxy) is 3. The summed E-state index contributed by atoms with van der Waals surface area (Å²) in [4.78, 5) is 72.7.